The van der Waals surface area contributed by atoms with E-state index < -0.39 is 5.91 Å². The van der Waals surface area contributed by atoms with Crippen LogP contribution in [-0.4, -0.2) is 63.5 Å². The van der Waals surface area contributed by atoms with E-state index in [1.165, 1.54) is 11.9 Å². The topological polar surface area (TPSA) is 105 Å². The van der Waals surface area contributed by atoms with Crippen LogP contribution in [0.4, 0.5) is 34.3 Å². The van der Waals surface area contributed by atoms with Gasteiger partial charge in [-0.1, -0.05) is 0 Å². The fraction of sp³-hybridized carbons (Fsp3) is 0.308. The van der Waals surface area contributed by atoms with Crippen molar-refractivity contribution in [2.24, 2.45) is 5.73 Å². The number of pyridine rings is 1. The number of nitrogens with two attached hydrogens (primary N) is 1. The third-order valence-corrected chi connectivity index (χ3v) is 6.21. The van der Waals surface area contributed by atoms with Crippen LogP contribution in [0.1, 0.15) is 10.4 Å². The van der Waals surface area contributed by atoms with Crippen molar-refractivity contribution in [3.63, 3.8) is 0 Å². The van der Waals surface area contributed by atoms with E-state index in [0.29, 0.717) is 17.1 Å². The van der Waals surface area contributed by atoms with Gasteiger partial charge in [-0.15, -0.1) is 0 Å². The Morgan fingerprint density at radius 1 is 0.771 bits per heavy atom. The summed E-state index contributed by atoms with van der Waals surface area (Å²) >= 11 is 0. The maximum absolute atomic E-state index is 12.0. The number of primary amides is 1. The van der Waals surface area contributed by atoms with Gasteiger partial charge in [-0.3, -0.25) is 4.79 Å². The van der Waals surface area contributed by atoms with Gasteiger partial charge in [0.25, 0.3) is 5.91 Å². The smallest absolute Gasteiger partial charge is 0.252 e. The minimum Gasteiger partial charge on any atom is -0.378 e. The summed E-state index contributed by atoms with van der Waals surface area (Å²) in [5.74, 6) is 0.0768. The molecule has 0 bridgehead atoms. The number of aromatic nitrogens is 1. The van der Waals surface area contributed by atoms with Crippen molar-refractivity contribution in [2.75, 3.05) is 73.0 Å². The molecule has 2 fully saturated rings. The van der Waals surface area contributed by atoms with Gasteiger partial charge in [-0.2, -0.15) is 0 Å². The quantitative estimate of drug-likeness (QED) is 0.479. The van der Waals surface area contributed by atoms with Gasteiger partial charge < -0.3 is 35.6 Å². The number of rotatable bonds is 7. The fourth-order valence-electron chi connectivity index (χ4n) is 4.28. The number of nitrogens with zero attached hydrogens (tertiary/aromatic N) is 3. The van der Waals surface area contributed by atoms with Crippen LogP contribution in [0.5, 0.6) is 0 Å². The van der Waals surface area contributed by atoms with Crippen LogP contribution in [-0.2, 0) is 9.47 Å². The maximum Gasteiger partial charge on any atom is 0.252 e. The number of carbonyl (C=O) groups excluding carboxylic acids is 1. The minimum atomic E-state index is -0.536. The summed E-state index contributed by atoms with van der Waals surface area (Å²) in [4.78, 5) is 21.0. The molecule has 35 heavy (non-hydrogen) atoms. The molecule has 0 atom stereocenters. The summed E-state index contributed by atoms with van der Waals surface area (Å²) in [5.41, 5.74) is 10.6. The third-order valence-electron chi connectivity index (χ3n) is 6.21. The Morgan fingerprint density at radius 3 is 1.74 bits per heavy atom. The lowest BCUT2D eigenvalue weighted by molar-refractivity contribution is 0.100. The molecular weight excluding hydrogens is 444 g/mol. The predicted molar refractivity (Wildman–Crippen MR) is 138 cm³/mol. The highest BCUT2D eigenvalue weighted by atomic mass is 16.5. The molecule has 4 N–H and O–H groups in total. The summed E-state index contributed by atoms with van der Waals surface area (Å²) in [5, 5.41) is 6.63. The van der Waals surface area contributed by atoms with E-state index >= 15 is 0 Å². The van der Waals surface area contributed by atoms with Gasteiger partial charge >= 0.3 is 0 Å². The summed E-state index contributed by atoms with van der Waals surface area (Å²) in [7, 11) is 0. The second-order valence-electron chi connectivity index (χ2n) is 8.52. The molecule has 0 aliphatic carbocycles. The molecule has 182 valence electrons. The molecule has 2 aliphatic rings. The van der Waals surface area contributed by atoms with Crippen LogP contribution in [0, 0.1) is 0 Å². The van der Waals surface area contributed by atoms with E-state index in [4.69, 9.17) is 15.2 Å². The zero-order valence-electron chi connectivity index (χ0n) is 19.6. The molecule has 1 amide bonds. The highest BCUT2D eigenvalue weighted by molar-refractivity contribution is 5.99. The lowest BCUT2D eigenvalue weighted by Crippen LogP contribution is -2.36. The summed E-state index contributed by atoms with van der Waals surface area (Å²) < 4.78 is 10.9. The van der Waals surface area contributed by atoms with Gasteiger partial charge in [-0.05, 0) is 48.5 Å². The van der Waals surface area contributed by atoms with Crippen molar-refractivity contribution in [1.29, 1.82) is 0 Å². The average molecular weight is 475 g/mol. The van der Waals surface area contributed by atoms with Gasteiger partial charge in [0, 0.05) is 61.2 Å². The number of benzene rings is 2. The van der Waals surface area contributed by atoms with Crippen molar-refractivity contribution < 1.29 is 14.3 Å². The first kappa shape index (κ1) is 22.9. The molecule has 5 rings (SSSR count). The van der Waals surface area contributed by atoms with Crippen LogP contribution in [0.15, 0.2) is 60.8 Å². The van der Waals surface area contributed by atoms with E-state index in [-0.39, 0.29) is 0 Å². The van der Waals surface area contributed by atoms with Gasteiger partial charge in [0.2, 0.25) is 0 Å². The number of anilines is 6. The molecule has 1 aromatic heterocycles. The van der Waals surface area contributed by atoms with Crippen molar-refractivity contribution in [1.82, 2.24) is 4.98 Å². The van der Waals surface area contributed by atoms with Crippen LogP contribution in [0.2, 0.25) is 0 Å². The molecule has 2 aliphatic heterocycles. The Labute approximate surface area is 204 Å². The largest absolute Gasteiger partial charge is 0.378 e. The van der Waals surface area contributed by atoms with Crippen molar-refractivity contribution in [2.45, 2.75) is 0 Å². The highest BCUT2D eigenvalue weighted by Gasteiger charge is 2.14. The third kappa shape index (κ3) is 5.64. The van der Waals surface area contributed by atoms with E-state index in [1.807, 2.05) is 24.3 Å². The standard InChI is InChI=1S/C26H30N6O3/c27-26(33)23-18-28-25(30-20-3-7-22(8-4-20)32-11-15-35-16-12-32)17-24(23)29-19-1-5-21(6-2-19)31-9-13-34-14-10-31/h1-8,17-18H,9-16H2,(H2,27,33)(H2,28,29,30). The Kier molecular flexibility index (Phi) is 6.97. The zero-order valence-corrected chi connectivity index (χ0v) is 19.6. The van der Waals surface area contributed by atoms with Gasteiger partial charge in [0.15, 0.2) is 0 Å². The van der Waals surface area contributed by atoms with E-state index in [0.717, 1.165) is 69.7 Å². The lowest BCUT2D eigenvalue weighted by atomic mass is 10.2. The molecule has 2 saturated heterocycles. The molecule has 0 radical (unpaired) electrons. The van der Waals surface area contributed by atoms with Gasteiger partial charge in [0.05, 0.1) is 37.7 Å². The molecular formula is C26H30N6O3. The first-order chi connectivity index (χ1) is 17.2. The minimum absolute atomic E-state index is 0.329. The van der Waals surface area contributed by atoms with Gasteiger partial charge in [0.1, 0.15) is 5.82 Å². The number of ether oxygens (including phenoxy) is 2. The SMILES string of the molecule is NC(=O)c1cnc(Nc2ccc(N3CCOCC3)cc2)cc1Nc1ccc(N2CCOCC2)cc1. The monoisotopic (exact) mass is 474 g/mol. The lowest BCUT2D eigenvalue weighted by Gasteiger charge is -2.29. The first-order valence-electron chi connectivity index (χ1n) is 11.9. The average Bonchev–Trinajstić information content (AvgIpc) is 2.91. The summed E-state index contributed by atoms with van der Waals surface area (Å²) in [6, 6.07) is 18.1. The Balaban J connectivity index is 1.30. The molecule has 0 saturated carbocycles. The van der Waals surface area contributed by atoms with E-state index in [2.05, 4.69) is 49.7 Å². The highest BCUT2D eigenvalue weighted by Crippen LogP contribution is 2.27. The number of nitrogens with one attached hydrogen (secondary N) is 2. The summed E-state index contributed by atoms with van der Waals surface area (Å²) in [6.07, 6.45) is 1.50. The molecule has 9 nitrogen and oxygen atoms in total. The number of morpholine rings is 2. The predicted octanol–water partition coefficient (Wildman–Crippen LogP) is 3.34. The first-order valence-corrected chi connectivity index (χ1v) is 11.9. The number of hydrogen-bond acceptors (Lipinski definition) is 8. The second-order valence-corrected chi connectivity index (χ2v) is 8.52. The Bertz CT molecular complexity index is 1140. The van der Waals surface area contributed by atoms with E-state index in [9.17, 15) is 4.79 Å². The van der Waals surface area contributed by atoms with Crippen molar-refractivity contribution in [3.8, 4) is 0 Å². The van der Waals surface area contributed by atoms with Gasteiger partial charge in [-0.25, -0.2) is 4.98 Å². The zero-order chi connectivity index (χ0) is 24.0. The second kappa shape index (κ2) is 10.6. The van der Waals surface area contributed by atoms with Crippen LogP contribution in [0.3, 0.4) is 0 Å². The molecule has 0 unspecified atom stereocenters. The molecule has 0 spiro atoms. The Morgan fingerprint density at radius 2 is 1.26 bits per heavy atom. The molecule has 2 aromatic carbocycles. The van der Waals surface area contributed by atoms with E-state index in [1.54, 1.807) is 6.07 Å². The van der Waals surface area contributed by atoms with Crippen LogP contribution in [0.25, 0.3) is 0 Å². The fourth-order valence-corrected chi connectivity index (χ4v) is 4.28. The molecule has 3 aromatic rings. The number of amides is 1. The number of carbonyl (C=O) groups is 1. The van der Waals surface area contributed by atoms with Crippen LogP contribution >= 0.6 is 0 Å². The number of hydrogen-bond donors (Lipinski definition) is 3. The van der Waals surface area contributed by atoms with Crippen LogP contribution < -0.4 is 26.2 Å². The van der Waals surface area contributed by atoms with Crippen molar-refractivity contribution >= 4 is 40.2 Å². The summed E-state index contributed by atoms with van der Waals surface area (Å²) in [6.45, 7) is 6.53. The molecule has 9 heteroatoms. The maximum atomic E-state index is 12.0. The Hall–Kier alpha value is -3.82. The molecule has 3 heterocycles. The normalized spacial score (nSPS) is 16.1. The van der Waals surface area contributed by atoms with Crippen molar-refractivity contribution in [3.05, 3.63) is 66.4 Å².